The van der Waals surface area contributed by atoms with Crippen molar-refractivity contribution in [3.8, 4) is 0 Å². The maximum absolute atomic E-state index is 13.3. The zero-order valence-corrected chi connectivity index (χ0v) is 12.7. The molecule has 1 N–H and O–H groups in total. The van der Waals surface area contributed by atoms with Crippen LogP contribution in [0.15, 0.2) is 18.2 Å². The molecule has 0 bridgehead atoms. The van der Waals surface area contributed by atoms with E-state index in [0.717, 1.165) is 32.5 Å². The van der Waals surface area contributed by atoms with Gasteiger partial charge in [0.15, 0.2) is 0 Å². The minimum atomic E-state index is -1.00. The number of hydrogen-bond donors (Lipinski definition) is 1. The molecule has 0 aliphatic carbocycles. The Morgan fingerprint density at radius 1 is 1.43 bits per heavy atom. The number of carboxylic acids is 1. The second kappa shape index (κ2) is 7.00. The van der Waals surface area contributed by atoms with Gasteiger partial charge in [-0.05, 0) is 69.7 Å². The van der Waals surface area contributed by atoms with Crippen molar-refractivity contribution in [3.05, 3.63) is 35.1 Å². The first kappa shape index (κ1) is 15.9. The van der Waals surface area contributed by atoms with Gasteiger partial charge in [-0.3, -0.25) is 0 Å². The molecule has 0 spiro atoms. The monoisotopic (exact) mass is 294 g/mol. The van der Waals surface area contributed by atoms with Crippen LogP contribution in [-0.2, 0) is 6.54 Å². The highest BCUT2D eigenvalue weighted by Gasteiger charge is 2.19. The molecule has 0 amide bonds. The van der Waals surface area contributed by atoms with E-state index in [9.17, 15) is 14.3 Å². The predicted molar refractivity (Wildman–Crippen MR) is 79.9 cm³/mol. The van der Waals surface area contributed by atoms with Gasteiger partial charge in [0, 0.05) is 13.1 Å². The smallest absolute Gasteiger partial charge is 0.336 e. The van der Waals surface area contributed by atoms with Crippen molar-refractivity contribution in [2.24, 2.45) is 5.92 Å². The highest BCUT2D eigenvalue weighted by molar-refractivity contribution is 5.89. The Hall–Kier alpha value is -1.46. The maximum Gasteiger partial charge on any atom is 0.336 e. The Labute approximate surface area is 125 Å². The number of benzene rings is 1. The van der Waals surface area contributed by atoms with Crippen LogP contribution in [0, 0.1) is 11.7 Å². The summed E-state index contributed by atoms with van der Waals surface area (Å²) in [4.78, 5) is 15.6. The van der Waals surface area contributed by atoms with E-state index in [1.807, 2.05) is 7.05 Å². The molecule has 0 saturated carbocycles. The Morgan fingerprint density at radius 2 is 2.10 bits per heavy atom. The molecular formula is C16H23FN2O2. The van der Waals surface area contributed by atoms with Gasteiger partial charge in [0.25, 0.3) is 0 Å². The average Bonchev–Trinajstić information content (AvgIpc) is 2.41. The molecule has 2 rings (SSSR count). The van der Waals surface area contributed by atoms with E-state index in [1.165, 1.54) is 18.2 Å². The highest BCUT2D eigenvalue weighted by Crippen LogP contribution is 2.19. The van der Waals surface area contributed by atoms with Gasteiger partial charge in [-0.25, -0.2) is 9.18 Å². The second-order valence-corrected chi connectivity index (χ2v) is 6.05. The summed E-state index contributed by atoms with van der Waals surface area (Å²) >= 11 is 0. The van der Waals surface area contributed by atoms with Crippen molar-refractivity contribution >= 4 is 5.97 Å². The van der Waals surface area contributed by atoms with Crippen LogP contribution in [0.2, 0.25) is 0 Å². The summed E-state index contributed by atoms with van der Waals surface area (Å²) in [6.07, 6.45) is 2.32. The van der Waals surface area contributed by atoms with E-state index in [-0.39, 0.29) is 11.4 Å². The molecule has 1 aliphatic rings. The van der Waals surface area contributed by atoms with Gasteiger partial charge in [0.05, 0.1) is 5.56 Å². The standard InChI is InChI=1S/C16H23FN2O2/c1-18-7-5-12(6-8-18)10-19(2)11-13-9-14(17)3-4-15(13)16(20)21/h3-4,9,12H,5-8,10-11H2,1-2H3,(H,20,21). The third kappa shape index (κ3) is 4.51. The fourth-order valence-corrected chi connectivity index (χ4v) is 2.94. The summed E-state index contributed by atoms with van der Waals surface area (Å²) in [6, 6.07) is 3.87. The van der Waals surface area contributed by atoms with Gasteiger partial charge in [0.1, 0.15) is 5.82 Å². The fraction of sp³-hybridized carbons (Fsp3) is 0.562. The summed E-state index contributed by atoms with van der Waals surface area (Å²) in [5.41, 5.74) is 0.726. The number of carbonyl (C=O) groups is 1. The molecule has 0 atom stereocenters. The summed E-state index contributed by atoms with van der Waals surface area (Å²) < 4.78 is 13.3. The van der Waals surface area contributed by atoms with E-state index in [4.69, 9.17) is 0 Å². The van der Waals surface area contributed by atoms with Crippen molar-refractivity contribution in [1.82, 2.24) is 9.80 Å². The Bertz CT molecular complexity index is 499. The summed E-state index contributed by atoms with van der Waals surface area (Å²) in [5.74, 6) is -0.756. The van der Waals surface area contributed by atoms with Crippen LogP contribution in [0.1, 0.15) is 28.8 Å². The molecule has 4 nitrogen and oxygen atoms in total. The lowest BCUT2D eigenvalue weighted by Crippen LogP contribution is -2.35. The molecule has 1 heterocycles. The minimum absolute atomic E-state index is 0.187. The number of likely N-dealkylation sites (tertiary alicyclic amines) is 1. The normalized spacial score (nSPS) is 17.3. The first-order valence-electron chi connectivity index (χ1n) is 7.34. The molecule has 21 heavy (non-hydrogen) atoms. The largest absolute Gasteiger partial charge is 0.478 e. The molecule has 0 unspecified atom stereocenters. The van der Waals surface area contributed by atoms with Gasteiger partial charge in [-0.2, -0.15) is 0 Å². The van der Waals surface area contributed by atoms with Crippen LogP contribution >= 0.6 is 0 Å². The SMILES string of the molecule is CN1CCC(CN(C)Cc2cc(F)ccc2C(=O)O)CC1. The average molecular weight is 294 g/mol. The first-order valence-corrected chi connectivity index (χ1v) is 7.34. The van der Waals surface area contributed by atoms with Crippen molar-refractivity contribution in [3.63, 3.8) is 0 Å². The van der Waals surface area contributed by atoms with E-state index in [1.54, 1.807) is 0 Å². The molecule has 0 aromatic heterocycles. The van der Waals surface area contributed by atoms with Crippen LogP contribution < -0.4 is 0 Å². The lowest BCUT2D eigenvalue weighted by atomic mass is 9.96. The van der Waals surface area contributed by atoms with E-state index < -0.39 is 5.97 Å². The van der Waals surface area contributed by atoms with Crippen LogP contribution in [0.25, 0.3) is 0 Å². The van der Waals surface area contributed by atoms with Crippen molar-refractivity contribution in [2.45, 2.75) is 19.4 Å². The van der Waals surface area contributed by atoms with Gasteiger partial charge in [-0.15, -0.1) is 0 Å². The van der Waals surface area contributed by atoms with Crippen LogP contribution in [0.3, 0.4) is 0 Å². The molecule has 1 fully saturated rings. The van der Waals surface area contributed by atoms with Crippen LogP contribution in [0.5, 0.6) is 0 Å². The number of piperidine rings is 1. The Kier molecular flexibility index (Phi) is 5.31. The third-order valence-corrected chi connectivity index (χ3v) is 4.15. The lowest BCUT2D eigenvalue weighted by molar-refractivity contribution is 0.0694. The highest BCUT2D eigenvalue weighted by atomic mass is 19.1. The summed E-state index contributed by atoms with van der Waals surface area (Å²) in [6.45, 7) is 3.60. The van der Waals surface area contributed by atoms with Gasteiger partial charge >= 0.3 is 5.97 Å². The second-order valence-electron chi connectivity index (χ2n) is 6.05. The maximum atomic E-state index is 13.3. The van der Waals surface area contributed by atoms with E-state index in [2.05, 4.69) is 16.8 Å². The van der Waals surface area contributed by atoms with Gasteiger partial charge < -0.3 is 14.9 Å². The predicted octanol–water partition coefficient (Wildman–Crippen LogP) is 2.30. The van der Waals surface area contributed by atoms with Gasteiger partial charge in [-0.1, -0.05) is 0 Å². The number of aromatic carboxylic acids is 1. The molecule has 1 aliphatic heterocycles. The molecular weight excluding hydrogens is 271 g/mol. The zero-order valence-electron chi connectivity index (χ0n) is 12.7. The Morgan fingerprint density at radius 3 is 2.71 bits per heavy atom. The first-order chi connectivity index (χ1) is 9.95. The van der Waals surface area contributed by atoms with Crippen LogP contribution in [-0.4, -0.2) is 54.6 Å². The van der Waals surface area contributed by atoms with Crippen LogP contribution in [0.4, 0.5) is 4.39 Å². The molecule has 1 saturated heterocycles. The quantitative estimate of drug-likeness (QED) is 0.905. The fourth-order valence-electron chi connectivity index (χ4n) is 2.94. The third-order valence-electron chi connectivity index (χ3n) is 4.15. The van der Waals surface area contributed by atoms with Gasteiger partial charge in [0.2, 0.25) is 0 Å². The number of carboxylic acid groups (broad SMARTS) is 1. The topological polar surface area (TPSA) is 43.8 Å². The number of rotatable bonds is 5. The van der Waals surface area contributed by atoms with Crippen molar-refractivity contribution in [1.29, 1.82) is 0 Å². The number of hydrogen-bond acceptors (Lipinski definition) is 3. The summed E-state index contributed by atoms with van der Waals surface area (Å²) in [7, 11) is 4.10. The number of nitrogens with zero attached hydrogens (tertiary/aromatic N) is 2. The Balaban J connectivity index is 1.97. The lowest BCUT2D eigenvalue weighted by Gasteiger charge is -2.31. The van der Waals surface area contributed by atoms with E-state index in [0.29, 0.717) is 18.0 Å². The molecule has 1 aromatic carbocycles. The zero-order chi connectivity index (χ0) is 15.4. The minimum Gasteiger partial charge on any atom is -0.478 e. The number of halogens is 1. The van der Waals surface area contributed by atoms with Crippen molar-refractivity contribution in [2.75, 3.05) is 33.7 Å². The van der Waals surface area contributed by atoms with Crippen molar-refractivity contribution < 1.29 is 14.3 Å². The molecule has 1 aromatic rings. The van der Waals surface area contributed by atoms with E-state index >= 15 is 0 Å². The summed E-state index contributed by atoms with van der Waals surface area (Å²) in [5, 5.41) is 9.17. The molecule has 5 heteroatoms. The molecule has 0 radical (unpaired) electrons. The molecule has 116 valence electrons.